The Balaban J connectivity index is 2.57. The molecule has 1 aromatic heterocycles. The molecule has 1 N–H and O–H groups in total. The molecular weight excluding hydrogens is 242 g/mol. The standard InChI is InChI=1S/C10H17N3O3S/c1-7(14)8(2)17-5-4-12-9(3)11-6-10(12)13(15)16/h6-8,14H,4-5H2,1-3H3. The van der Waals surface area contributed by atoms with Gasteiger partial charge in [-0.15, -0.1) is 0 Å². The zero-order chi connectivity index (χ0) is 13.0. The van der Waals surface area contributed by atoms with Gasteiger partial charge in [0.15, 0.2) is 5.82 Å². The minimum absolute atomic E-state index is 0.0211. The average molecular weight is 259 g/mol. The first kappa shape index (κ1) is 14.0. The van der Waals surface area contributed by atoms with E-state index in [9.17, 15) is 15.2 Å². The van der Waals surface area contributed by atoms with Crippen molar-refractivity contribution < 1.29 is 10.0 Å². The molecule has 1 rings (SSSR count). The molecular formula is C10H17N3O3S. The molecule has 2 atom stereocenters. The molecule has 7 heteroatoms. The molecule has 0 aliphatic carbocycles. The average Bonchev–Trinajstić information content (AvgIpc) is 2.60. The van der Waals surface area contributed by atoms with Gasteiger partial charge in [-0.25, -0.2) is 9.55 Å². The number of hydrogen-bond acceptors (Lipinski definition) is 5. The van der Waals surface area contributed by atoms with E-state index < -0.39 is 4.92 Å². The largest absolute Gasteiger partial charge is 0.392 e. The van der Waals surface area contributed by atoms with Gasteiger partial charge in [-0.2, -0.15) is 11.8 Å². The van der Waals surface area contributed by atoms with E-state index in [1.165, 1.54) is 6.20 Å². The fourth-order valence-electron chi connectivity index (χ4n) is 1.35. The Bertz CT molecular complexity index is 392. The topological polar surface area (TPSA) is 81.2 Å². The highest BCUT2D eigenvalue weighted by atomic mass is 32.2. The lowest BCUT2D eigenvalue weighted by molar-refractivity contribution is -0.392. The number of aliphatic hydroxyl groups is 1. The van der Waals surface area contributed by atoms with Gasteiger partial charge in [-0.1, -0.05) is 6.92 Å². The zero-order valence-electron chi connectivity index (χ0n) is 10.2. The van der Waals surface area contributed by atoms with E-state index in [0.717, 1.165) is 0 Å². The molecule has 0 amide bonds. The fraction of sp³-hybridized carbons (Fsp3) is 0.700. The molecule has 0 aliphatic heterocycles. The van der Waals surface area contributed by atoms with Gasteiger partial charge in [0.25, 0.3) is 0 Å². The van der Waals surface area contributed by atoms with Crippen molar-refractivity contribution in [2.45, 2.75) is 38.7 Å². The molecule has 0 fully saturated rings. The van der Waals surface area contributed by atoms with Crippen LogP contribution in [-0.2, 0) is 6.54 Å². The molecule has 1 heterocycles. The number of aliphatic hydroxyl groups excluding tert-OH is 1. The van der Waals surface area contributed by atoms with Crippen molar-refractivity contribution in [2.24, 2.45) is 0 Å². The second-order valence-electron chi connectivity index (χ2n) is 3.89. The van der Waals surface area contributed by atoms with Crippen molar-refractivity contribution in [1.29, 1.82) is 0 Å². The van der Waals surface area contributed by atoms with Crippen molar-refractivity contribution in [3.05, 3.63) is 22.1 Å². The first-order valence-corrected chi connectivity index (χ1v) is 6.44. The third-order valence-corrected chi connectivity index (χ3v) is 3.93. The van der Waals surface area contributed by atoms with Crippen molar-refractivity contribution in [3.63, 3.8) is 0 Å². The van der Waals surface area contributed by atoms with Crippen molar-refractivity contribution >= 4 is 17.6 Å². The summed E-state index contributed by atoms with van der Waals surface area (Å²) in [5, 5.41) is 20.2. The number of hydrogen-bond donors (Lipinski definition) is 1. The van der Waals surface area contributed by atoms with Gasteiger partial charge in [0.05, 0.1) is 6.10 Å². The molecule has 0 bridgehead atoms. The monoisotopic (exact) mass is 259 g/mol. The Hall–Kier alpha value is -1.08. The number of thioether (sulfide) groups is 1. The zero-order valence-corrected chi connectivity index (χ0v) is 11.0. The van der Waals surface area contributed by atoms with Gasteiger partial charge >= 0.3 is 5.82 Å². The number of imidazole rings is 1. The predicted molar refractivity (Wildman–Crippen MR) is 67.2 cm³/mol. The summed E-state index contributed by atoms with van der Waals surface area (Å²) in [5.41, 5.74) is 0. The summed E-state index contributed by atoms with van der Waals surface area (Å²) in [6.45, 7) is 5.95. The Morgan fingerprint density at radius 2 is 2.29 bits per heavy atom. The Labute approximate surface area is 104 Å². The second-order valence-corrected chi connectivity index (χ2v) is 5.37. The third-order valence-electron chi connectivity index (χ3n) is 2.60. The van der Waals surface area contributed by atoms with Crippen LogP contribution in [0.5, 0.6) is 0 Å². The number of nitro groups is 1. The van der Waals surface area contributed by atoms with E-state index in [0.29, 0.717) is 18.1 Å². The maximum Gasteiger partial charge on any atom is 0.342 e. The van der Waals surface area contributed by atoms with Crippen LogP contribution in [0.3, 0.4) is 0 Å². The highest BCUT2D eigenvalue weighted by Crippen LogP contribution is 2.18. The van der Waals surface area contributed by atoms with Gasteiger partial charge in [0, 0.05) is 17.9 Å². The molecule has 0 aliphatic rings. The van der Waals surface area contributed by atoms with E-state index in [-0.39, 0.29) is 17.2 Å². The molecule has 0 saturated carbocycles. The molecule has 6 nitrogen and oxygen atoms in total. The first-order chi connectivity index (χ1) is 7.93. The van der Waals surface area contributed by atoms with Crippen LogP contribution >= 0.6 is 11.8 Å². The van der Waals surface area contributed by atoms with Crippen LogP contribution in [0.2, 0.25) is 0 Å². The van der Waals surface area contributed by atoms with Crippen molar-refractivity contribution in [3.8, 4) is 0 Å². The van der Waals surface area contributed by atoms with Gasteiger partial charge in [0.2, 0.25) is 0 Å². The molecule has 17 heavy (non-hydrogen) atoms. The summed E-state index contributed by atoms with van der Waals surface area (Å²) >= 11 is 1.59. The lowest BCUT2D eigenvalue weighted by Crippen LogP contribution is -2.17. The van der Waals surface area contributed by atoms with E-state index in [2.05, 4.69) is 4.98 Å². The van der Waals surface area contributed by atoms with Crippen LogP contribution in [0.15, 0.2) is 6.20 Å². The minimum atomic E-state index is -0.428. The number of nitrogens with zero attached hydrogens (tertiary/aromatic N) is 3. The summed E-state index contributed by atoms with van der Waals surface area (Å²) in [4.78, 5) is 14.2. The van der Waals surface area contributed by atoms with Crippen molar-refractivity contribution in [1.82, 2.24) is 9.55 Å². The van der Waals surface area contributed by atoms with E-state index >= 15 is 0 Å². The highest BCUT2D eigenvalue weighted by Gasteiger charge is 2.17. The SMILES string of the molecule is Cc1ncc([N+](=O)[O-])n1CCSC(C)C(C)O. The van der Waals surface area contributed by atoms with Crippen LogP contribution in [0.4, 0.5) is 5.82 Å². The van der Waals surface area contributed by atoms with Crippen LogP contribution < -0.4 is 0 Å². The number of aromatic nitrogens is 2. The molecule has 96 valence electrons. The van der Waals surface area contributed by atoms with Gasteiger partial charge in [-0.3, -0.25) is 0 Å². The summed E-state index contributed by atoms with van der Waals surface area (Å²) in [6.07, 6.45) is 0.900. The molecule has 0 radical (unpaired) electrons. The van der Waals surface area contributed by atoms with Crippen LogP contribution in [0.1, 0.15) is 19.7 Å². The Kier molecular flexibility index (Phi) is 4.95. The second kappa shape index (κ2) is 6.02. The molecule has 0 saturated heterocycles. The summed E-state index contributed by atoms with van der Waals surface area (Å²) in [5.74, 6) is 1.37. The van der Waals surface area contributed by atoms with Crippen LogP contribution in [-0.4, -0.2) is 36.7 Å². The lowest BCUT2D eigenvalue weighted by Gasteiger charge is -2.13. The van der Waals surface area contributed by atoms with Gasteiger partial charge in [-0.05, 0) is 11.8 Å². The number of aryl methyl sites for hydroxylation is 1. The molecule has 0 aromatic carbocycles. The highest BCUT2D eigenvalue weighted by molar-refractivity contribution is 7.99. The molecule has 1 aromatic rings. The van der Waals surface area contributed by atoms with E-state index in [4.69, 9.17) is 0 Å². The first-order valence-electron chi connectivity index (χ1n) is 5.39. The summed E-state index contributed by atoms with van der Waals surface area (Å²) < 4.78 is 1.59. The maximum atomic E-state index is 10.7. The third kappa shape index (κ3) is 3.71. The van der Waals surface area contributed by atoms with Crippen LogP contribution in [0.25, 0.3) is 0 Å². The Morgan fingerprint density at radius 1 is 1.65 bits per heavy atom. The van der Waals surface area contributed by atoms with Gasteiger partial charge < -0.3 is 15.2 Å². The Morgan fingerprint density at radius 3 is 2.82 bits per heavy atom. The maximum absolute atomic E-state index is 10.7. The van der Waals surface area contributed by atoms with Crippen LogP contribution in [0, 0.1) is 17.0 Å². The predicted octanol–water partition coefficient (Wildman–Crippen LogP) is 1.60. The number of rotatable bonds is 6. The fourth-order valence-corrected chi connectivity index (χ4v) is 2.29. The van der Waals surface area contributed by atoms with E-state index in [1.807, 2.05) is 6.92 Å². The lowest BCUT2D eigenvalue weighted by atomic mass is 10.3. The van der Waals surface area contributed by atoms with Gasteiger partial charge in [0.1, 0.15) is 12.7 Å². The normalized spacial score (nSPS) is 14.6. The smallest absolute Gasteiger partial charge is 0.342 e. The molecule has 0 spiro atoms. The van der Waals surface area contributed by atoms with E-state index in [1.54, 1.807) is 30.2 Å². The minimum Gasteiger partial charge on any atom is -0.392 e. The quantitative estimate of drug-likeness (QED) is 0.620. The van der Waals surface area contributed by atoms with Crippen molar-refractivity contribution in [2.75, 3.05) is 5.75 Å². The summed E-state index contributed by atoms with van der Waals surface area (Å²) in [6, 6.07) is 0. The molecule has 2 unspecified atom stereocenters. The summed E-state index contributed by atoms with van der Waals surface area (Å²) in [7, 11) is 0.